The van der Waals surface area contributed by atoms with Gasteiger partial charge in [-0.2, -0.15) is 0 Å². The molecule has 0 saturated carbocycles. The highest BCUT2D eigenvalue weighted by molar-refractivity contribution is 9.09. The zero-order chi connectivity index (χ0) is 10.3. The molecule has 0 aliphatic carbocycles. The fourth-order valence-corrected chi connectivity index (χ4v) is 2.31. The second kappa shape index (κ2) is 6.83. The Morgan fingerprint density at radius 3 is 2.00 bits per heavy atom. The highest BCUT2D eigenvalue weighted by Crippen LogP contribution is 2.12. The quantitative estimate of drug-likeness (QED) is 0.481. The van der Waals surface area contributed by atoms with E-state index in [-0.39, 0.29) is 0 Å². The van der Waals surface area contributed by atoms with Gasteiger partial charge in [0.05, 0.1) is 26.2 Å². The lowest BCUT2D eigenvalue weighted by molar-refractivity contribution is -0.927. The van der Waals surface area contributed by atoms with E-state index in [0.29, 0.717) is 0 Å². The van der Waals surface area contributed by atoms with Gasteiger partial charge in [-0.25, -0.2) is 0 Å². The standard InChI is InChI=1S/C11H25BrN/c1-5-13(6-2,9-7-8-12)10-11(3)4/h11H,5-10H2,1-4H3/q+1. The van der Waals surface area contributed by atoms with Crippen LogP contribution in [0.25, 0.3) is 0 Å². The van der Waals surface area contributed by atoms with E-state index in [2.05, 4.69) is 43.6 Å². The molecular weight excluding hydrogens is 226 g/mol. The van der Waals surface area contributed by atoms with Crippen molar-refractivity contribution in [2.24, 2.45) is 5.92 Å². The smallest absolute Gasteiger partial charge is 0.0809 e. The van der Waals surface area contributed by atoms with Gasteiger partial charge >= 0.3 is 0 Å². The lowest BCUT2D eigenvalue weighted by Gasteiger charge is -2.38. The highest BCUT2D eigenvalue weighted by atomic mass is 79.9. The van der Waals surface area contributed by atoms with Crippen molar-refractivity contribution in [3.05, 3.63) is 0 Å². The number of nitrogens with zero attached hydrogens (tertiary/aromatic N) is 1. The van der Waals surface area contributed by atoms with Crippen molar-refractivity contribution in [1.29, 1.82) is 0 Å². The Morgan fingerprint density at radius 2 is 1.69 bits per heavy atom. The molecule has 0 amide bonds. The van der Waals surface area contributed by atoms with Gasteiger partial charge in [-0.3, -0.25) is 0 Å². The van der Waals surface area contributed by atoms with Crippen LogP contribution >= 0.6 is 15.9 Å². The van der Waals surface area contributed by atoms with Crippen LogP contribution < -0.4 is 0 Å². The molecule has 0 rings (SSSR count). The first-order valence-electron chi connectivity index (χ1n) is 5.51. The molecule has 1 nitrogen and oxygen atoms in total. The molecule has 0 fully saturated rings. The summed E-state index contributed by atoms with van der Waals surface area (Å²) in [5.41, 5.74) is 0. The van der Waals surface area contributed by atoms with E-state index in [9.17, 15) is 0 Å². The van der Waals surface area contributed by atoms with Crippen LogP contribution in [0.4, 0.5) is 0 Å². The maximum Gasteiger partial charge on any atom is 0.0809 e. The van der Waals surface area contributed by atoms with Crippen molar-refractivity contribution >= 4 is 15.9 Å². The molecule has 0 unspecified atom stereocenters. The van der Waals surface area contributed by atoms with Gasteiger partial charge in [-0.05, 0) is 13.8 Å². The van der Waals surface area contributed by atoms with Crippen LogP contribution in [0.15, 0.2) is 0 Å². The predicted octanol–water partition coefficient (Wildman–Crippen LogP) is 3.28. The minimum absolute atomic E-state index is 0.815. The highest BCUT2D eigenvalue weighted by Gasteiger charge is 2.23. The van der Waals surface area contributed by atoms with Crippen molar-refractivity contribution in [2.45, 2.75) is 34.1 Å². The topological polar surface area (TPSA) is 0 Å². The van der Waals surface area contributed by atoms with Crippen LogP contribution in [0, 0.1) is 5.92 Å². The third kappa shape index (κ3) is 5.02. The molecular formula is C11H25BrN+. The minimum Gasteiger partial charge on any atom is -0.324 e. The van der Waals surface area contributed by atoms with Gasteiger partial charge in [-0.15, -0.1) is 0 Å². The van der Waals surface area contributed by atoms with E-state index in [1.54, 1.807) is 0 Å². The van der Waals surface area contributed by atoms with Crippen molar-refractivity contribution < 1.29 is 4.48 Å². The number of halogens is 1. The van der Waals surface area contributed by atoms with E-state index in [0.717, 1.165) is 11.2 Å². The van der Waals surface area contributed by atoms with E-state index in [4.69, 9.17) is 0 Å². The van der Waals surface area contributed by atoms with Crippen LogP contribution in [0.5, 0.6) is 0 Å². The molecule has 0 N–H and O–H groups in total. The van der Waals surface area contributed by atoms with Gasteiger partial charge in [0.15, 0.2) is 0 Å². The van der Waals surface area contributed by atoms with Crippen molar-refractivity contribution in [3.8, 4) is 0 Å². The van der Waals surface area contributed by atoms with Gasteiger partial charge in [0.1, 0.15) is 0 Å². The van der Waals surface area contributed by atoms with Crippen molar-refractivity contribution in [2.75, 3.05) is 31.5 Å². The molecule has 0 bridgehead atoms. The number of alkyl halides is 1. The summed E-state index contributed by atoms with van der Waals surface area (Å²) in [6.07, 6.45) is 1.30. The molecule has 0 saturated heterocycles. The maximum atomic E-state index is 3.52. The molecule has 0 spiro atoms. The molecule has 0 aromatic rings. The molecule has 0 aromatic carbocycles. The van der Waals surface area contributed by atoms with Crippen LogP contribution in [-0.2, 0) is 0 Å². The number of quaternary nitrogens is 1. The van der Waals surface area contributed by atoms with E-state index >= 15 is 0 Å². The normalized spacial score (nSPS) is 12.5. The molecule has 0 radical (unpaired) electrons. The first-order chi connectivity index (χ1) is 6.10. The molecule has 0 aliphatic heterocycles. The van der Waals surface area contributed by atoms with Gasteiger partial charge in [-0.1, -0.05) is 29.8 Å². The largest absolute Gasteiger partial charge is 0.324 e. The lowest BCUT2D eigenvalue weighted by Crippen LogP contribution is -2.50. The van der Waals surface area contributed by atoms with E-state index < -0.39 is 0 Å². The fraction of sp³-hybridized carbons (Fsp3) is 1.00. The fourth-order valence-electron chi connectivity index (χ4n) is 2.06. The average molecular weight is 251 g/mol. The third-order valence-electron chi connectivity index (χ3n) is 2.86. The summed E-state index contributed by atoms with van der Waals surface area (Å²) in [6.45, 7) is 14.5. The minimum atomic E-state index is 0.815. The second-order valence-corrected chi connectivity index (χ2v) is 5.11. The van der Waals surface area contributed by atoms with Crippen LogP contribution in [0.2, 0.25) is 0 Å². The molecule has 80 valence electrons. The van der Waals surface area contributed by atoms with E-state index in [1.165, 1.54) is 37.1 Å². The van der Waals surface area contributed by atoms with Crippen molar-refractivity contribution in [1.82, 2.24) is 0 Å². The van der Waals surface area contributed by atoms with Crippen molar-refractivity contribution in [3.63, 3.8) is 0 Å². The summed E-state index contributed by atoms with van der Waals surface area (Å²) in [4.78, 5) is 0. The summed E-state index contributed by atoms with van der Waals surface area (Å²) in [6, 6.07) is 0. The number of hydrogen-bond acceptors (Lipinski definition) is 0. The Bertz CT molecular complexity index is 119. The van der Waals surface area contributed by atoms with Crippen LogP contribution in [0.3, 0.4) is 0 Å². The number of hydrogen-bond donors (Lipinski definition) is 0. The maximum absolute atomic E-state index is 3.52. The molecule has 0 atom stereocenters. The van der Waals surface area contributed by atoms with Gasteiger partial charge in [0.25, 0.3) is 0 Å². The van der Waals surface area contributed by atoms with Crippen LogP contribution in [0.1, 0.15) is 34.1 Å². The van der Waals surface area contributed by atoms with Gasteiger partial charge < -0.3 is 4.48 Å². The number of rotatable bonds is 7. The molecule has 0 aromatic heterocycles. The zero-order valence-corrected chi connectivity index (χ0v) is 11.2. The average Bonchev–Trinajstić information content (AvgIpc) is 2.12. The first kappa shape index (κ1) is 13.4. The Balaban J connectivity index is 4.13. The zero-order valence-electron chi connectivity index (χ0n) is 9.65. The van der Waals surface area contributed by atoms with E-state index in [1.807, 2.05) is 0 Å². The molecule has 13 heavy (non-hydrogen) atoms. The lowest BCUT2D eigenvalue weighted by atomic mass is 10.1. The summed E-state index contributed by atoms with van der Waals surface area (Å²) < 4.78 is 1.29. The third-order valence-corrected chi connectivity index (χ3v) is 3.42. The molecule has 0 aliphatic rings. The summed E-state index contributed by atoms with van der Waals surface area (Å²) in [5, 5.41) is 1.14. The van der Waals surface area contributed by atoms with Crippen LogP contribution in [-0.4, -0.2) is 36.0 Å². The summed E-state index contributed by atoms with van der Waals surface area (Å²) in [7, 11) is 0. The Morgan fingerprint density at radius 1 is 1.15 bits per heavy atom. The Labute approximate surface area is 92.2 Å². The summed E-state index contributed by atoms with van der Waals surface area (Å²) >= 11 is 3.52. The summed E-state index contributed by atoms with van der Waals surface area (Å²) in [5.74, 6) is 0.815. The predicted molar refractivity (Wildman–Crippen MR) is 64.3 cm³/mol. The Hall–Kier alpha value is 0.440. The Kier molecular flexibility index (Phi) is 7.06. The SMILES string of the molecule is CC[N+](CC)(CCCBr)CC(C)C. The van der Waals surface area contributed by atoms with Gasteiger partial charge in [0.2, 0.25) is 0 Å². The first-order valence-corrected chi connectivity index (χ1v) is 6.63. The monoisotopic (exact) mass is 250 g/mol. The molecule has 0 heterocycles. The second-order valence-electron chi connectivity index (χ2n) is 4.32. The molecule has 2 heteroatoms. The van der Waals surface area contributed by atoms with Gasteiger partial charge in [0, 0.05) is 17.7 Å².